The van der Waals surface area contributed by atoms with Crippen LogP contribution < -0.4 is 11.1 Å². The van der Waals surface area contributed by atoms with Gasteiger partial charge in [-0.2, -0.15) is 0 Å². The van der Waals surface area contributed by atoms with Gasteiger partial charge in [0.15, 0.2) is 0 Å². The summed E-state index contributed by atoms with van der Waals surface area (Å²) < 4.78 is 5.28. The number of hydrogen-bond acceptors (Lipinski definition) is 6. The van der Waals surface area contributed by atoms with Gasteiger partial charge in [-0.25, -0.2) is 0 Å². The topological polar surface area (TPSA) is 89.9 Å². The number of nitrogens with zero attached hydrogens (tertiary/aromatic N) is 3. The van der Waals surface area contributed by atoms with Crippen molar-refractivity contribution in [2.24, 2.45) is 5.73 Å². The lowest BCUT2D eigenvalue weighted by atomic mass is 10.3. The number of anilines is 1. The van der Waals surface area contributed by atoms with E-state index in [2.05, 4.69) is 20.5 Å². The minimum absolute atomic E-state index is 0.252. The lowest BCUT2D eigenvalue weighted by molar-refractivity contribution is 0.472. The lowest BCUT2D eigenvalue weighted by Crippen LogP contribution is -2.04. The number of nitrogens with two attached hydrogens (primary N) is 1. The fourth-order valence-electron chi connectivity index (χ4n) is 1.16. The molecular formula is C10H13N5O. The van der Waals surface area contributed by atoms with Gasteiger partial charge in [0.1, 0.15) is 0 Å². The van der Waals surface area contributed by atoms with Crippen LogP contribution in [0.25, 0.3) is 0 Å². The first-order chi connectivity index (χ1) is 7.75. The van der Waals surface area contributed by atoms with E-state index in [-0.39, 0.29) is 6.04 Å². The van der Waals surface area contributed by atoms with Gasteiger partial charge in [-0.1, -0.05) is 11.2 Å². The Morgan fingerprint density at radius 1 is 1.44 bits per heavy atom. The molecule has 2 rings (SSSR count). The van der Waals surface area contributed by atoms with Gasteiger partial charge >= 0.3 is 6.01 Å². The van der Waals surface area contributed by atoms with Crippen LogP contribution in [-0.2, 0) is 6.54 Å². The van der Waals surface area contributed by atoms with E-state index in [9.17, 15) is 0 Å². The second-order valence-electron chi connectivity index (χ2n) is 3.41. The molecule has 0 aliphatic heterocycles. The van der Waals surface area contributed by atoms with Crippen LogP contribution in [0.5, 0.6) is 0 Å². The zero-order chi connectivity index (χ0) is 11.4. The summed E-state index contributed by atoms with van der Waals surface area (Å²) >= 11 is 0. The van der Waals surface area contributed by atoms with Crippen molar-refractivity contribution in [3.63, 3.8) is 0 Å². The molecule has 2 aromatic rings. The van der Waals surface area contributed by atoms with E-state index >= 15 is 0 Å². The largest absolute Gasteiger partial charge is 0.406 e. The predicted octanol–water partition coefficient (Wildman–Crippen LogP) is 1.10. The third kappa shape index (κ3) is 2.54. The Balaban J connectivity index is 1.95. The van der Waals surface area contributed by atoms with E-state index in [0.29, 0.717) is 18.5 Å². The number of pyridine rings is 1. The second-order valence-corrected chi connectivity index (χ2v) is 3.41. The SMILES string of the molecule is CC(N)c1nnc(NCc2ccccn2)o1. The minimum Gasteiger partial charge on any atom is -0.406 e. The first-order valence-electron chi connectivity index (χ1n) is 4.98. The van der Waals surface area contributed by atoms with Crippen LogP contribution in [0.4, 0.5) is 6.01 Å². The van der Waals surface area contributed by atoms with E-state index < -0.39 is 0 Å². The zero-order valence-corrected chi connectivity index (χ0v) is 8.92. The maximum atomic E-state index is 5.60. The fourth-order valence-corrected chi connectivity index (χ4v) is 1.16. The van der Waals surface area contributed by atoms with Gasteiger partial charge in [-0.15, -0.1) is 5.10 Å². The van der Waals surface area contributed by atoms with Gasteiger partial charge in [0, 0.05) is 6.20 Å². The molecule has 2 heterocycles. The van der Waals surface area contributed by atoms with Crippen LogP contribution >= 0.6 is 0 Å². The van der Waals surface area contributed by atoms with Gasteiger partial charge < -0.3 is 15.5 Å². The Morgan fingerprint density at radius 2 is 2.31 bits per heavy atom. The molecule has 0 amide bonds. The van der Waals surface area contributed by atoms with Gasteiger partial charge in [-0.3, -0.25) is 4.98 Å². The van der Waals surface area contributed by atoms with E-state index in [1.807, 2.05) is 18.2 Å². The molecule has 0 radical (unpaired) electrons. The number of nitrogens with one attached hydrogen (secondary N) is 1. The average molecular weight is 219 g/mol. The van der Waals surface area contributed by atoms with Crippen LogP contribution in [-0.4, -0.2) is 15.2 Å². The minimum atomic E-state index is -0.252. The van der Waals surface area contributed by atoms with Gasteiger partial charge in [0.05, 0.1) is 18.3 Å². The maximum Gasteiger partial charge on any atom is 0.315 e. The molecule has 3 N–H and O–H groups in total. The molecular weight excluding hydrogens is 206 g/mol. The Bertz CT molecular complexity index is 439. The van der Waals surface area contributed by atoms with E-state index in [1.165, 1.54) is 0 Å². The van der Waals surface area contributed by atoms with Crippen LogP contribution in [0.15, 0.2) is 28.8 Å². The normalized spacial score (nSPS) is 12.4. The van der Waals surface area contributed by atoms with Crippen LogP contribution in [0.2, 0.25) is 0 Å². The van der Waals surface area contributed by atoms with Gasteiger partial charge in [0.2, 0.25) is 5.89 Å². The summed E-state index contributed by atoms with van der Waals surface area (Å²) in [6.07, 6.45) is 1.73. The Kier molecular flexibility index (Phi) is 3.11. The van der Waals surface area contributed by atoms with Gasteiger partial charge in [0.25, 0.3) is 0 Å². The maximum absolute atomic E-state index is 5.60. The van der Waals surface area contributed by atoms with Crippen molar-refractivity contribution >= 4 is 6.01 Å². The Hall–Kier alpha value is -1.95. The average Bonchev–Trinajstić information content (AvgIpc) is 2.76. The monoisotopic (exact) mass is 219 g/mol. The van der Waals surface area contributed by atoms with E-state index in [0.717, 1.165) is 5.69 Å². The Labute approximate surface area is 92.9 Å². The Morgan fingerprint density at radius 3 is 2.94 bits per heavy atom. The van der Waals surface area contributed by atoms with Crippen molar-refractivity contribution in [2.45, 2.75) is 19.5 Å². The van der Waals surface area contributed by atoms with Gasteiger partial charge in [-0.05, 0) is 19.1 Å². The molecule has 0 aliphatic rings. The molecule has 1 unspecified atom stereocenters. The molecule has 1 atom stereocenters. The summed E-state index contributed by atoms with van der Waals surface area (Å²) in [7, 11) is 0. The summed E-state index contributed by atoms with van der Waals surface area (Å²) in [4.78, 5) is 4.16. The number of hydrogen-bond donors (Lipinski definition) is 2. The first kappa shape index (κ1) is 10.6. The smallest absolute Gasteiger partial charge is 0.315 e. The lowest BCUT2D eigenvalue weighted by Gasteiger charge is -2.00. The molecule has 0 spiro atoms. The molecule has 6 nitrogen and oxygen atoms in total. The molecule has 0 saturated heterocycles. The van der Waals surface area contributed by atoms with Crippen LogP contribution in [0.3, 0.4) is 0 Å². The number of aromatic nitrogens is 3. The summed E-state index contributed by atoms with van der Waals surface area (Å²) in [5, 5.41) is 10.6. The second kappa shape index (κ2) is 4.71. The van der Waals surface area contributed by atoms with Crippen molar-refractivity contribution in [1.82, 2.24) is 15.2 Å². The zero-order valence-electron chi connectivity index (χ0n) is 8.92. The first-order valence-corrected chi connectivity index (χ1v) is 4.98. The van der Waals surface area contributed by atoms with Crippen molar-refractivity contribution in [3.05, 3.63) is 36.0 Å². The van der Waals surface area contributed by atoms with Crippen molar-refractivity contribution in [3.8, 4) is 0 Å². The summed E-state index contributed by atoms with van der Waals surface area (Å²) in [5.74, 6) is 0.420. The molecule has 0 aromatic carbocycles. The highest BCUT2D eigenvalue weighted by atomic mass is 16.4. The van der Waals surface area contributed by atoms with Crippen LogP contribution in [0, 0.1) is 0 Å². The molecule has 0 bridgehead atoms. The van der Waals surface area contributed by atoms with Crippen molar-refractivity contribution in [1.29, 1.82) is 0 Å². The van der Waals surface area contributed by atoms with Crippen LogP contribution in [0.1, 0.15) is 24.6 Å². The van der Waals surface area contributed by atoms with Crippen molar-refractivity contribution in [2.75, 3.05) is 5.32 Å². The highest BCUT2D eigenvalue weighted by Crippen LogP contribution is 2.11. The molecule has 0 saturated carbocycles. The van der Waals surface area contributed by atoms with Crippen molar-refractivity contribution < 1.29 is 4.42 Å². The van der Waals surface area contributed by atoms with E-state index in [1.54, 1.807) is 13.1 Å². The van der Waals surface area contributed by atoms with E-state index in [4.69, 9.17) is 10.2 Å². The standard InChI is InChI=1S/C10H13N5O/c1-7(11)9-14-15-10(16-9)13-6-8-4-2-3-5-12-8/h2-5,7H,6,11H2,1H3,(H,13,15). The number of rotatable bonds is 4. The molecule has 0 fully saturated rings. The third-order valence-electron chi connectivity index (χ3n) is 1.98. The molecule has 16 heavy (non-hydrogen) atoms. The molecule has 0 aliphatic carbocycles. The highest BCUT2D eigenvalue weighted by molar-refractivity contribution is 5.20. The summed E-state index contributed by atoms with van der Waals surface area (Å²) in [6, 6.07) is 5.81. The molecule has 84 valence electrons. The quantitative estimate of drug-likeness (QED) is 0.800. The molecule has 6 heteroatoms. The summed E-state index contributed by atoms with van der Waals surface area (Å²) in [5.41, 5.74) is 6.50. The predicted molar refractivity (Wildman–Crippen MR) is 58.5 cm³/mol. The third-order valence-corrected chi connectivity index (χ3v) is 1.98. The highest BCUT2D eigenvalue weighted by Gasteiger charge is 2.09. The fraction of sp³-hybridized carbons (Fsp3) is 0.300. The summed E-state index contributed by atoms with van der Waals surface area (Å²) in [6.45, 7) is 2.33. The molecule has 2 aromatic heterocycles.